The van der Waals surface area contributed by atoms with Crippen LogP contribution in [0.1, 0.15) is 30.4 Å². The van der Waals surface area contributed by atoms with Crippen LogP contribution < -0.4 is 0 Å². The van der Waals surface area contributed by atoms with Gasteiger partial charge in [-0.3, -0.25) is 0 Å². The van der Waals surface area contributed by atoms with E-state index in [0.717, 1.165) is 24.8 Å². The number of hydrogen-bond donors (Lipinski definition) is 0. The van der Waals surface area contributed by atoms with E-state index in [0.29, 0.717) is 5.56 Å². The average molecular weight is 205 g/mol. The Morgan fingerprint density at radius 2 is 2.20 bits per heavy atom. The molecule has 1 aromatic carbocycles. The summed E-state index contributed by atoms with van der Waals surface area (Å²) in [6.07, 6.45) is 4.02. The molecule has 0 saturated heterocycles. The van der Waals surface area contributed by atoms with Crippen LogP contribution in [-0.4, -0.2) is 6.08 Å². The molecule has 0 bridgehead atoms. The van der Waals surface area contributed by atoms with Crippen LogP contribution in [0.4, 0.5) is 4.39 Å². The Balaban J connectivity index is 2.47. The molecule has 2 nitrogen and oxygen atoms in total. The smallest absolute Gasteiger partial charge is 0.211 e. The minimum absolute atomic E-state index is 0.270. The van der Waals surface area contributed by atoms with Crippen molar-refractivity contribution in [2.24, 2.45) is 4.99 Å². The summed E-state index contributed by atoms with van der Waals surface area (Å²) in [5, 5.41) is 0. The first-order valence-corrected chi connectivity index (χ1v) is 5.04. The summed E-state index contributed by atoms with van der Waals surface area (Å²) in [4.78, 5) is 14.1. The lowest BCUT2D eigenvalue weighted by Crippen LogP contribution is -2.32. The van der Waals surface area contributed by atoms with Crippen LogP contribution in [0, 0.1) is 12.7 Å². The van der Waals surface area contributed by atoms with Crippen LogP contribution in [-0.2, 0) is 10.3 Å². The summed E-state index contributed by atoms with van der Waals surface area (Å²) < 4.78 is 13.7. The topological polar surface area (TPSA) is 29.4 Å². The number of halogens is 1. The highest BCUT2D eigenvalue weighted by atomic mass is 19.1. The highest BCUT2D eigenvalue weighted by molar-refractivity contribution is 5.40. The number of benzene rings is 1. The molecule has 0 unspecified atom stereocenters. The molecular formula is C12H12FNO. The zero-order valence-corrected chi connectivity index (χ0v) is 8.59. The molecule has 1 fully saturated rings. The standard InChI is InChI=1S/C12H12FNO/c1-9-3-4-10(11(13)7-9)12(14-8-15)5-2-6-12/h3-4,7H,2,5-6H2,1H3. The lowest BCUT2D eigenvalue weighted by Gasteiger charge is -2.37. The first-order chi connectivity index (χ1) is 7.18. The van der Waals surface area contributed by atoms with E-state index in [9.17, 15) is 9.18 Å². The van der Waals surface area contributed by atoms with Crippen molar-refractivity contribution in [3.8, 4) is 0 Å². The van der Waals surface area contributed by atoms with Gasteiger partial charge >= 0.3 is 0 Å². The predicted molar refractivity (Wildman–Crippen MR) is 54.8 cm³/mol. The number of nitrogens with zero attached hydrogens (tertiary/aromatic N) is 1. The van der Waals surface area contributed by atoms with E-state index in [1.807, 2.05) is 13.0 Å². The highest BCUT2D eigenvalue weighted by Crippen LogP contribution is 2.45. The Morgan fingerprint density at radius 1 is 1.47 bits per heavy atom. The largest absolute Gasteiger partial charge is 0.235 e. The maximum Gasteiger partial charge on any atom is 0.235 e. The van der Waals surface area contributed by atoms with Crippen LogP contribution in [0.15, 0.2) is 23.2 Å². The van der Waals surface area contributed by atoms with E-state index in [-0.39, 0.29) is 5.82 Å². The lowest BCUT2D eigenvalue weighted by atomic mass is 9.72. The van der Waals surface area contributed by atoms with Gasteiger partial charge in [0.2, 0.25) is 6.08 Å². The first kappa shape index (κ1) is 10.1. The van der Waals surface area contributed by atoms with Gasteiger partial charge in [0, 0.05) is 5.56 Å². The van der Waals surface area contributed by atoms with Crippen molar-refractivity contribution >= 4 is 6.08 Å². The molecule has 0 spiro atoms. The molecular weight excluding hydrogens is 193 g/mol. The van der Waals surface area contributed by atoms with Crippen molar-refractivity contribution in [2.45, 2.75) is 31.7 Å². The Kier molecular flexibility index (Phi) is 2.41. The fourth-order valence-corrected chi connectivity index (χ4v) is 2.04. The molecule has 0 aromatic heterocycles. The molecule has 1 aromatic rings. The van der Waals surface area contributed by atoms with Crippen molar-refractivity contribution in [1.29, 1.82) is 0 Å². The fourth-order valence-electron chi connectivity index (χ4n) is 2.04. The lowest BCUT2D eigenvalue weighted by molar-refractivity contribution is 0.247. The quantitative estimate of drug-likeness (QED) is 0.539. The van der Waals surface area contributed by atoms with E-state index in [1.165, 1.54) is 6.07 Å². The number of carbonyl (C=O) groups excluding carboxylic acids is 1. The van der Waals surface area contributed by atoms with Crippen LogP contribution in [0.5, 0.6) is 0 Å². The molecule has 0 N–H and O–H groups in total. The normalized spacial score (nSPS) is 17.7. The van der Waals surface area contributed by atoms with Crippen molar-refractivity contribution in [3.63, 3.8) is 0 Å². The Bertz CT molecular complexity index is 431. The number of aliphatic imine (C=N–C) groups is 1. The number of hydrogen-bond acceptors (Lipinski definition) is 2. The Morgan fingerprint density at radius 3 is 2.67 bits per heavy atom. The van der Waals surface area contributed by atoms with Crippen LogP contribution in [0.2, 0.25) is 0 Å². The zero-order valence-electron chi connectivity index (χ0n) is 8.59. The summed E-state index contributed by atoms with van der Waals surface area (Å²) in [6.45, 7) is 1.84. The van der Waals surface area contributed by atoms with E-state index in [4.69, 9.17) is 0 Å². The molecule has 0 atom stereocenters. The maximum absolute atomic E-state index is 13.7. The third-order valence-electron chi connectivity index (χ3n) is 3.07. The predicted octanol–water partition coefficient (Wildman–Crippen LogP) is 2.85. The van der Waals surface area contributed by atoms with Gasteiger partial charge in [-0.15, -0.1) is 0 Å². The fraction of sp³-hybridized carbons (Fsp3) is 0.417. The van der Waals surface area contributed by atoms with Crippen molar-refractivity contribution in [3.05, 3.63) is 35.1 Å². The molecule has 0 aliphatic heterocycles. The maximum atomic E-state index is 13.7. The van der Waals surface area contributed by atoms with Gasteiger partial charge in [-0.05, 0) is 37.8 Å². The summed E-state index contributed by atoms with van der Waals surface area (Å²) in [5.41, 5.74) is 0.781. The van der Waals surface area contributed by atoms with E-state index in [2.05, 4.69) is 4.99 Å². The SMILES string of the molecule is Cc1ccc(C2(N=C=O)CCC2)c(F)c1. The molecule has 0 heterocycles. The van der Waals surface area contributed by atoms with Gasteiger partial charge in [0.05, 0.1) is 0 Å². The van der Waals surface area contributed by atoms with E-state index < -0.39 is 5.54 Å². The second-order valence-electron chi connectivity index (χ2n) is 4.07. The third kappa shape index (κ3) is 1.59. The minimum atomic E-state index is -0.625. The molecule has 2 rings (SSSR count). The van der Waals surface area contributed by atoms with Gasteiger partial charge in [0.1, 0.15) is 11.4 Å². The summed E-state index contributed by atoms with van der Waals surface area (Å²) in [5.74, 6) is -0.270. The molecule has 1 aliphatic carbocycles. The summed E-state index contributed by atoms with van der Waals surface area (Å²) in [7, 11) is 0. The zero-order chi connectivity index (χ0) is 10.9. The van der Waals surface area contributed by atoms with Crippen molar-refractivity contribution < 1.29 is 9.18 Å². The molecule has 1 aliphatic rings. The van der Waals surface area contributed by atoms with Crippen molar-refractivity contribution in [2.75, 3.05) is 0 Å². The second-order valence-corrected chi connectivity index (χ2v) is 4.07. The average Bonchev–Trinajstić information content (AvgIpc) is 2.12. The number of rotatable bonds is 2. The minimum Gasteiger partial charge on any atom is -0.211 e. The van der Waals surface area contributed by atoms with Crippen LogP contribution in [0.25, 0.3) is 0 Å². The van der Waals surface area contributed by atoms with E-state index >= 15 is 0 Å². The summed E-state index contributed by atoms with van der Waals surface area (Å²) >= 11 is 0. The van der Waals surface area contributed by atoms with Gasteiger partial charge in [-0.25, -0.2) is 9.18 Å². The number of aryl methyl sites for hydroxylation is 1. The van der Waals surface area contributed by atoms with Crippen molar-refractivity contribution in [1.82, 2.24) is 0 Å². The number of isocyanates is 1. The molecule has 3 heteroatoms. The third-order valence-corrected chi connectivity index (χ3v) is 3.07. The molecule has 0 radical (unpaired) electrons. The molecule has 0 amide bonds. The van der Waals surface area contributed by atoms with Gasteiger partial charge in [-0.1, -0.05) is 12.1 Å². The van der Waals surface area contributed by atoms with Crippen LogP contribution in [0.3, 0.4) is 0 Å². The van der Waals surface area contributed by atoms with Gasteiger partial charge in [0.15, 0.2) is 0 Å². The van der Waals surface area contributed by atoms with Gasteiger partial charge in [-0.2, -0.15) is 4.99 Å². The molecule has 15 heavy (non-hydrogen) atoms. The summed E-state index contributed by atoms with van der Waals surface area (Å²) in [6, 6.07) is 5.05. The van der Waals surface area contributed by atoms with Gasteiger partial charge < -0.3 is 0 Å². The highest BCUT2D eigenvalue weighted by Gasteiger charge is 2.40. The van der Waals surface area contributed by atoms with Crippen LogP contribution >= 0.6 is 0 Å². The first-order valence-electron chi connectivity index (χ1n) is 5.04. The Hall–Kier alpha value is -1.47. The van der Waals surface area contributed by atoms with E-state index in [1.54, 1.807) is 12.1 Å². The molecule has 78 valence electrons. The molecule has 1 saturated carbocycles. The van der Waals surface area contributed by atoms with Gasteiger partial charge in [0.25, 0.3) is 0 Å². The monoisotopic (exact) mass is 205 g/mol. The Labute approximate surface area is 87.8 Å². The second kappa shape index (κ2) is 3.59.